The molecule has 1 N–H and O–H groups in total. The summed E-state index contributed by atoms with van der Waals surface area (Å²) in [5.41, 5.74) is 1.84. The van der Waals surface area contributed by atoms with Gasteiger partial charge in [-0.15, -0.1) is 5.10 Å². The van der Waals surface area contributed by atoms with Crippen molar-refractivity contribution in [3.05, 3.63) is 36.0 Å². The van der Waals surface area contributed by atoms with Crippen LogP contribution in [0.3, 0.4) is 0 Å². The van der Waals surface area contributed by atoms with Crippen molar-refractivity contribution in [3.63, 3.8) is 0 Å². The third-order valence-corrected chi connectivity index (χ3v) is 2.15. The second-order valence-electron chi connectivity index (χ2n) is 3.10. The Hall–Kier alpha value is -2.24. The molecule has 0 amide bonds. The zero-order chi connectivity index (χ0) is 10.1. The summed E-state index contributed by atoms with van der Waals surface area (Å²) >= 11 is 0. The number of nitrogens with one attached hydrogen (secondary N) is 1. The van der Waals surface area contributed by atoms with Crippen LogP contribution in [0.5, 0.6) is 0 Å². The zero-order valence-corrected chi connectivity index (χ0v) is 7.83. The predicted molar refractivity (Wildman–Crippen MR) is 52.8 cm³/mol. The molecule has 2 aromatic heterocycles. The van der Waals surface area contributed by atoms with Gasteiger partial charge in [-0.3, -0.25) is 0 Å². The van der Waals surface area contributed by atoms with Gasteiger partial charge < -0.3 is 5.32 Å². The molecule has 0 saturated carbocycles. The van der Waals surface area contributed by atoms with E-state index in [9.17, 15) is 0 Å². The fraction of sp³-hybridized carbons (Fsp3) is 0.111. The van der Waals surface area contributed by atoms with Crippen molar-refractivity contribution >= 4 is 6.08 Å². The highest BCUT2D eigenvalue weighted by Gasteiger charge is 2.14. The minimum absolute atomic E-state index is 0.540. The van der Waals surface area contributed by atoms with Gasteiger partial charge in [-0.05, 0) is 18.3 Å². The molecule has 0 spiro atoms. The molecule has 0 saturated heterocycles. The minimum Gasteiger partial charge on any atom is -0.385 e. The molecule has 3 rings (SSSR count). The maximum atomic E-state index is 4.12. The highest BCUT2D eigenvalue weighted by atomic mass is 15.5. The highest BCUT2D eigenvalue weighted by Crippen LogP contribution is 2.13. The third-order valence-electron chi connectivity index (χ3n) is 2.15. The van der Waals surface area contributed by atoms with Gasteiger partial charge in [0.2, 0.25) is 0 Å². The van der Waals surface area contributed by atoms with Crippen LogP contribution < -0.4 is 5.32 Å². The van der Waals surface area contributed by atoms with E-state index >= 15 is 0 Å². The predicted octanol–water partition coefficient (Wildman–Crippen LogP) is 0.131. The lowest BCUT2D eigenvalue weighted by Gasteiger charge is -2.06. The Kier molecular flexibility index (Phi) is 1.71. The molecule has 0 aromatic carbocycles. The second-order valence-corrected chi connectivity index (χ2v) is 3.10. The quantitative estimate of drug-likeness (QED) is 0.708. The van der Waals surface area contributed by atoms with Crippen LogP contribution >= 0.6 is 0 Å². The molecule has 3 heterocycles. The molecule has 15 heavy (non-hydrogen) atoms. The van der Waals surface area contributed by atoms with Crippen LogP contribution in [0.15, 0.2) is 24.7 Å². The lowest BCUT2D eigenvalue weighted by molar-refractivity contribution is 0.748. The Morgan fingerprint density at radius 2 is 2.13 bits per heavy atom. The summed E-state index contributed by atoms with van der Waals surface area (Å²) in [4.78, 5) is 8.25. The smallest absolute Gasteiger partial charge is 0.252 e. The summed E-state index contributed by atoms with van der Waals surface area (Å²) < 4.78 is 1.63. The second kappa shape index (κ2) is 3.16. The van der Waals surface area contributed by atoms with Crippen molar-refractivity contribution in [2.24, 2.45) is 0 Å². The van der Waals surface area contributed by atoms with E-state index in [1.165, 1.54) is 0 Å². The molecule has 6 heteroatoms. The average molecular weight is 200 g/mol. The van der Waals surface area contributed by atoms with Crippen LogP contribution in [0.25, 0.3) is 12.0 Å². The lowest BCUT2D eigenvalue weighted by atomic mass is 10.2. The number of rotatable bonds is 1. The van der Waals surface area contributed by atoms with E-state index in [0.29, 0.717) is 12.5 Å². The highest BCUT2D eigenvalue weighted by molar-refractivity contribution is 5.50. The van der Waals surface area contributed by atoms with Crippen molar-refractivity contribution in [2.75, 3.05) is 0 Å². The van der Waals surface area contributed by atoms with E-state index in [1.54, 1.807) is 23.1 Å². The van der Waals surface area contributed by atoms with Gasteiger partial charge >= 0.3 is 0 Å². The molecule has 1 aliphatic heterocycles. The number of hydrogen-bond donors (Lipinski definition) is 1. The van der Waals surface area contributed by atoms with Crippen molar-refractivity contribution in [3.8, 4) is 5.95 Å². The Bertz CT molecular complexity index is 501. The van der Waals surface area contributed by atoms with Crippen molar-refractivity contribution in [1.82, 2.24) is 30.3 Å². The first-order valence-electron chi connectivity index (χ1n) is 4.57. The summed E-state index contributed by atoms with van der Waals surface area (Å²) in [5, 5.41) is 11.1. The van der Waals surface area contributed by atoms with Gasteiger partial charge in [0.25, 0.3) is 5.95 Å². The van der Waals surface area contributed by atoms with E-state index in [0.717, 1.165) is 11.4 Å². The summed E-state index contributed by atoms with van der Waals surface area (Å²) in [6.45, 7) is 0.693. The normalized spacial score (nSPS) is 13.3. The SMILES string of the molecule is C1=Cc2c(nnn2-c2ncccn2)CN1. The molecule has 0 radical (unpaired) electrons. The Morgan fingerprint density at radius 1 is 1.27 bits per heavy atom. The van der Waals surface area contributed by atoms with Gasteiger partial charge in [0, 0.05) is 12.4 Å². The summed E-state index contributed by atoms with van der Waals surface area (Å²) in [6.07, 6.45) is 7.14. The molecule has 0 fully saturated rings. The molecule has 2 aromatic rings. The molecule has 0 bridgehead atoms. The molecule has 0 unspecified atom stereocenters. The van der Waals surface area contributed by atoms with Crippen molar-refractivity contribution in [1.29, 1.82) is 0 Å². The van der Waals surface area contributed by atoms with Crippen LogP contribution in [0.1, 0.15) is 11.4 Å². The van der Waals surface area contributed by atoms with Crippen molar-refractivity contribution < 1.29 is 0 Å². The number of fused-ring (bicyclic) bond motifs is 1. The van der Waals surface area contributed by atoms with Crippen LogP contribution in [-0.2, 0) is 6.54 Å². The molecule has 0 atom stereocenters. The Labute approximate surface area is 85.7 Å². The van der Waals surface area contributed by atoms with E-state index in [2.05, 4.69) is 25.6 Å². The molecule has 6 nitrogen and oxygen atoms in total. The lowest BCUT2D eigenvalue weighted by Crippen LogP contribution is -2.12. The van der Waals surface area contributed by atoms with Gasteiger partial charge in [0.05, 0.1) is 12.2 Å². The first-order valence-corrected chi connectivity index (χ1v) is 4.57. The monoisotopic (exact) mass is 200 g/mol. The van der Waals surface area contributed by atoms with E-state index in [1.807, 2.05) is 12.3 Å². The van der Waals surface area contributed by atoms with Crippen LogP contribution in [0.2, 0.25) is 0 Å². The molecular weight excluding hydrogens is 192 g/mol. The van der Waals surface area contributed by atoms with Gasteiger partial charge in [-0.25, -0.2) is 9.97 Å². The van der Waals surface area contributed by atoms with Crippen molar-refractivity contribution in [2.45, 2.75) is 6.54 Å². The average Bonchev–Trinajstić information content (AvgIpc) is 2.74. The fourth-order valence-electron chi connectivity index (χ4n) is 1.45. The summed E-state index contributed by atoms with van der Waals surface area (Å²) in [6, 6.07) is 1.77. The third kappa shape index (κ3) is 1.26. The Balaban J connectivity index is 2.15. The van der Waals surface area contributed by atoms with Crippen LogP contribution in [0.4, 0.5) is 0 Å². The molecule has 1 aliphatic rings. The minimum atomic E-state index is 0.540. The zero-order valence-electron chi connectivity index (χ0n) is 7.83. The largest absolute Gasteiger partial charge is 0.385 e. The maximum absolute atomic E-state index is 4.12. The topological polar surface area (TPSA) is 68.5 Å². The molecular formula is C9H8N6. The summed E-state index contributed by atoms with van der Waals surface area (Å²) in [5.74, 6) is 0.540. The van der Waals surface area contributed by atoms with E-state index in [4.69, 9.17) is 0 Å². The maximum Gasteiger partial charge on any atom is 0.252 e. The summed E-state index contributed by atoms with van der Waals surface area (Å²) in [7, 11) is 0. The van der Waals surface area contributed by atoms with E-state index < -0.39 is 0 Å². The molecule has 0 aliphatic carbocycles. The standard InChI is InChI=1S/C9H8N6/c1-3-11-9(12-4-1)15-8-2-5-10-6-7(8)13-14-15/h1-5,10H,6H2. The van der Waals surface area contributed by atoms with Gasteiger partial charge in [0.1, 0.15) is 5.69 Å². The number of aromatic nitrogens is 5. The fourth-order valence-corrected chi connectivity index (χ4v) is 1.45. The first kappa shape index (κ1) is 8.10. The van der Waals surface area contributed by atoms with Gasteiger partial charge in [0.15, 0.2) is 0 Å². The Morgan fingerprint density at radius 3 is 3.00 bits per heavy atom. The van der Waals surface area contributed by atoms with Gasteiger partial charge in [-0.2, -0.15) is 4.68 Å². The van der Waals surface area contributed by atoms with Gasteiger partial charge in [-0.1, -0.05) is 5.21 Å². The molecule has 74 valence electrons. The number of nitrogens with zero attached hydrogens (tertiary/aromatic N) is 5. The van der Waals surface area contributed by atoms with Crippen LogP contribution in [-0.4, -0.2) is 25.0 Å². The van der Waals surface area contributed by atoms with Crippen LogP contribution in [0, 0.1) is 0 Å². The first-order chi connectivity index (χ1) is 7.45. The number of hydrogen-bond acceptors (Lipinski definition) is 5. The van der Waals surface area contributed by atoms with E-state index in [-0.39, 0.29) is 0 Å².